The van der Waals surface area contributed by atoms with E-state index in [9.17, 15) is 0 Å². The molecule has 0 aliphatic rings. The van der Waals surface area contributed by atoms with Gasteiger partial charge in [-0.05, 0) is 18.6 Å². The van der Waals surface area contributed by atoms with Gasteiger partial charge in [0.1, 0.15) is 17.7 Å². The number of ether oxygens (including phenoxy) is 2. The van der Waals surface area contributed by atoms with Crippen LogP contribution in [0.1, 0.15) is 18.4 Å². The highest BCUT2D eigenvalue weighted by molar-refractivity contribution is 5.68. The molecule has 0 N–H and O–H groups in total. The molecule has 0 fully saturated rings. The first-order chi connectivity index (χ1) is 9.76. The SMILES string of the molecule is COc1cccc(C=C(C#N)C#N)c1OCCCC#N. The largest absolute Gasteiger partial charge is 0.493 e. The second kappa shape index (κ2) is 8.19. The Kier molecular flexibility index (Phi) is 6.18. The number of unbranched alkanes of at least 4 members (excludes halogenated alkanes) is 1. The fourth-order valence-corrected chi connectivity index (χ4v) is 1.53. The fourth-order valence-electron chi connectivity index (χ4n) is 1.53. The highest BCUT2D eigenvalue weighted by Gasteiger charge is 2.10. The smallest absolute Gasteiger partial charge is 0.168 e. The number of methoxy groups -OCH3 is 1. The molecule has 0 heterocycles. The van der Waals surface area contributed by atoms with Crippen LogP contribution in [-0.2, 0) is 0 Å². The molecule has 1 aromatic carbocycles. The highest BCUT2D eigenvalue weighted by Crippen LogP contribution is 2.32. The summed E-state index contributed by atoms with van der Waals surface area (Å²) in [4.78, 5) is 0. The lowest BCUT2D eigenvalue weighted by Gasteiger charge is -2.12. The number of nitriles is 3. The molecule has 0 saturated carbocycles. The molecule has 0 aliphatic heterocycles. The van der Waals surface area contributed by atoms with Gasteiger partial charge in [-0.15, -0.1) is 0 Å². The van der Waals surface area contributed by atoms with Gasteiger partial charge in [0.15, 0.2) is 11.5 Å². The Morgan fingerprint density at radius 2 is 2.00 bits per heavy atom. The molecule has 0 spiro atoms. The maximum atomic E-state index is 8.80. The number of allylic oxidation sites excluding steroid dienone is 1. The van der Waals surface area contributed by atoms with Crippen molar-refractivity contribution in [3.8, 4) is 29.7 Å². The van der Waals surface area contributed by atoms with E-state index in [2.05, 4.69) is 0 Å². The Balaban J connectivity index is 3.06. The molecule has 0 aliphatic carbocycles. The van der Waals surface area contributed by atoms with E-state index in [0.717, 1.165) is 0 Å². The normalized spacial score (nSPS) is 8.70. The summed E-state index contributed by atoms with van der Waals surface area (Å²) in [5, 5.41) is 26.1. The van der Waals surface area contributed by atoms with Crippen molar-refractivity contribution >= 4 is 6.08 Å². The van der Waals surface area contributed by atoms with E-state index in [1.54, 1.807) is 30.3 Å². The minimum Gasteiger partial charge on any atom is -0.493 e. The molecule has 1 aromatic rings. The van der Waals surface area contributed by atoms with Crippen LogP contribution >= 0.6 is 0 Å². The van der Waals surface area contributed by atoms with Gasteiger partial charge in [0.25, 0.3) is 0 Å². The van der Waals surface area contributed by atoms with Gasteiger partial charge < -0.3 is 9.47 Å². The third-order valence-corrected chi connectivity index (χ3v) is 2.45. The van der Waals surface area contributed by atoms with E-state index in [4.69, 9.17) is 25.3 Å². The zero-order valence-electron chi connectivity index (χ0n) is 11.1. The molecule has 0 unspecified atom stereocenters. The Hall–Kier alpha value is -2.97. The molecule has 0 saturated heterocycles. The van der Waals surface area contributed by atoms with Crippen LogP contribution in [0.15, 0.2) is 23.8 Å². The number of hydrogen-bond acceptors (Lipinski definition) is 5. The average molecular weight is 267 g/mol. The first-order valence-electron chi connectivity index (χ1n) is 5.95. The average Bonchev–Trinajstić information content (AvgIpc) is 2.49. The van der Waals surface area contributed by atoms with Gasteiger partial charge in [0.2, 0.25) is 0 Å². The first kappa shape index (κ1) is 15.1. The molecule has 5 heteroatoms. The molecule has 5 nitrogen and oxygen atoms in total. The van der Waals surface area contributed by atoms with Crippen molar-refractivity contribution in [2.24, 2.45) is 0 Å². The van der Waals surface area contributed by atoms with Gasteiger partial charge in [-0.25, -0.2) is 0 Å². The van der Waals surface area contributed by atoms with Crippen LogP contribution < -0.4 is 9.47 Å². The van der Waals surface area contributed by atoms with Crippen molar-refractivity contribution in [2.75, 3.05) is 13.7 Å². The van der Waals surface area contributed by atoms with Crippen LogP contribution in [0.4, 0.5) is 0 Å². The second-order valence-electron chi connectivity index (χ2n) is 3.77. The summed E-state index contributed by atoms with van der Waals surface area (Å²) in [5.41, 5.74) is 0.583. The molecular weight excluding hydrogens is 254 g/mol. The molecule has 1 rings (SSSR count). The van der Waals surface area contributed by atoms with Crippen LogP contribution in [0, 0.1) is 34.0 Å². The predicted octanol–water partition coefficient (Wildman–Crippen LogP) is 2.81. The fraction of sp³-hybridized carbons (Fsp3) is 0.267. The van der Waals surface area contributed by atoms with Crippen LogP contribution in [0.2, 0.25) is 0 Å². The van der Waals surface area contributed by atoms with E-state index < -0.39 is 0 Å². The van der Waals surface area contributed by atoms with Crippen molar-refractivity contribution in [1.82, 2.24) is 0 Å². The lowest BCUT2D eigenvalue weighted by Crippen LogP contribution is -2.01. The Morgan fingerprint density at radius 1 is 1.25 bits per heavy atom. The van der Waals surface area contributed by atoms with Crippen molar-refractivity contribution in [3.63, 3.8) is 0 Å². The van der Waals surface area contributed by atoms with Gasteiger partial charge in [-0.3, -0.25) is 0 Å². The molecular formula is C15H13N3O2. The summed E-state index contributed by atoms with van der Waals surface area (Å²) in [7, 11) is 1.51. The third-order valence-electron chi connectivity index (χ3n) is 2.45. The number of para-hydroxylation sites is 1. The lowest BCUT2D eigenvalue weighted by atomic mass is 10.1. The predicted molar refractivity (Wildman–Crippen MR) is 72.5 cm³/mol. The summed E-state index contributed by atoms with van der Waals surface area (Å²) in [6.45, 7) is 0.364. The molecule has 100 valence electrons. The summed E-state index contributed by atoms with van der Waals surface area (Å²) in [5.74, 6) is 0.988. The minimum absolute atomic E-state index is 0.0138. The molecule has 20 heavy (non-hydrogen) atoms. The molecule has 0 radical (unpaired) electrons. The van der Waals surface area contributed by atoms with Crippen molar-refractivity contribution in [2.45, 2.75) is 12.8 Å². The van der Waals surface area contributed by atoms with Crippen molar-refractivity contribution in [1.29, 1.82) is 15.8 Å². The summed E-state index contributed by atoms with van der Waals surface area (Å²) in [6.07, 6.45) is 2.45. The van der Waals surface area contributed by atoms with Crippen LogP contribution in [0.3, 0.4) is 0 Å². The van der Waals surface area contributed by atoms with Gasteiger partial charge in [-0.1, -0.05) is 12.1 Å². The molecule has 0 bridgehead atoms. The Labute approximate surface area is 117 Å². The van der Waals surface area contributed by atoms with Crippen LogP contribution in [-0.4, -0.2) is 13.7 Å². The quantitative estimate of drug-likeness (QED) is 0.584. The van der Waals surface area contributed by atoms with Gasteiger partial charge >= 0.3 is 0 Å². The van der Waals surface area contributed by atoms with E-state index in [0.29, 0.717) is 36.5 Å². The van der Waals surface area contributed by atoms with E-state index in [1.165, 1.54) is 13.2 Å². The third kappa shape index (κ3) is 4.05. The molecule has 0 aromatic heterocycles. The Morgan fingerprint density at radius 3 is 2.60 bits per heavy atom. The van der Waals surface area contributed by atoms with Gasteiger partial charge in [-0.2, -0.15) is 15.8 Å². The summed E-state index contributed by atoms with van der Waals surface area (Å²) < 4.78 is 10.8. The molecule has 0 atom stereocenters. The number of hydrogen-bond donors (Lipinski definition) is 0. The standard InChI is InChI=1S/C15H13N3O2/c1-19-14-6-4-5-13(9-12(10-17)11-18)15(14)20-8-3-2-7-16/h4-6,9H,2-3,8H2,1H3. The van der Waals surface area contributed by atoms with Crippen molar-refractivity contribution in [3.05, 3.63) is 29.3 Å². The zero-order valence-corrected chi connectivity index (χ0v) is 11.1. The minimum atomic E-state index is -0.0138. The maximum Gasteiger partial charge on any atom is 0.168 e. The number of rotatable bonds is 6. The van der Waals surface area contributed by atoms with E-state index in [1.807, 2.05) is 6.07 Å². The lowest BCUT2D eigenvalue weighted by molar-refractivity contribution is 0.290. The van der Waals surface area contributed by atoms with Crippen LogP contribution in [0.25, 0.3) is 6.08 Å². The monoisotopic (exact) mass is 267 g/mol. The van der Waals surface area contributed by atoms with Gasteiger partial charge in [0, 0.05) is 12.0 Å². The first-order valence-corrected chi connectivity index (χ1v) is 5.95. The summed E-state index contributed by atoms with van der Waals surface area (Å²) in [6, 6.07) is 10.9. The zero-order chi connectivity index (χ0) is 14.8. The van der Waals surface area contributed by atoms with Crippen molar-refractivity contribution < 1.29 is 9.47 Å². The maximum absolute atomic E-state index is 8.80. The number of nitrogens with zero attached hydrogens (tertiary/aromatic N) is 3. The van der Waals surface area contributed by atoms with Crippen LogP contribution in [0.5, 0.6) is 11.5 Å². The highest BCUT2D eigenvalue weighted by atomic mass is 16.5. The number of benzene rings is 1. The topological polar surface area (TPSA) is 89.8 Å². The Bertz CT molecular complexity index is 599. The summed E-state index contributed by atoms with van der Waals surface area (Å²) >= 11 is 0. The van der Waals surface area contributed by atoms with Gasteiger partial charge in [0.05, 0.1) is 19.8 Å². The second-order valence-corrected chi connectivity index (χ2v) is 3.77. The molecule has 0 amide bonds. The van der Waals surface area contributed by atoms with E-state index >= 15 is 0 Å². The van der Waals surface area contributed by atoms with E-state index in [-0.39, 0.29) is 5.57 Å².